The molecule has 0 fully saturated rings. The van der Waals surface area contributed by atoms with E-state index < -0.39 is 5.56 Å². The van der Waals surface area contributed by atoms with Crippen LogP contribution in [0, 0.1) is 0 Å². The molecule has 4 heteroatoms. The number of pyridine rings is 1. The summed E-state index contributed by atoms with van der Waals surface area (Å²) < 4.78 is 0. The van der Waals surface area contributed by atoms with E-state index in [9.17, 15) is 9.59 Å². The number of H-pyrrole nitrogens is 1. The number of rotatable bonds is 2. The molecule has 1 aromatic heterocycles. The van der Waals surface area contributed by atoms with Gasteiger partial charge in [-0.1, -0.05) is 6.92 Å². The number of hydrogen-bond acceptors (Lipinski definition) is 3. The van der Waals surface area contributed by atoms with Crippen LogP contribution in [0.4, 0.5) is 0 Å². The molecule has 1 heterocycles. The Balaban J connectivity index is 3.38. The molecule has 0 aliphatic rings. The molecule has 0 amide bonds. The number of aldehydes is 1. The Labute approximate surface area is 68.9 Å². The minimum atomic E-state index is -0.540. The maximum Gasteiger partial charge on any atom is 0.262 e. The van der Waals surface area contributed by atoms with Crippen molar-refractivity contribution in [1.29, 1.82) is 0 Å². The van der Waals surface area contributed by atoms with Crippen LogP contribution in [-0.4, -0.2) is 16.4 Å². The molecule has 64 valence electrons. The van der Waals surface area contributed by atoms with E-state index in [0.717, 1.165) is 0 Å². The van der Waals surface area contributed by atoms with Crippen LogP contribution in [0.15, 0.2) is 10.9 Å². The molecule has 12 heavy (non-hydrogen) atoms. The number of aromatic hydroxyl groups is 1. The molecule has 0 saturated carbocycles. The van der Waals surface area contributed by atoms with E-state index in [1.165, 1.54) is 6.07 Å². The van der Waals surface area contributed by atoms with Crippen LogP contribution in [0.5, 0.6) is 5.75 Å². The molecule has 0 aromatic carbocycles. The van der Waals surface area contributed by atoms with Crippen molar-refractivity contribution in [3.63, 3.8) is 0 Å². The number of carbonyl (C=O) groups is 1. The highest BCUT2D eigenvalue weighted by Crippen LogP contribution is 2.10. The fraction of sp³-hybridized carbons (Fsp3) is 0.250. The van der Waals surface area contributed by atoms with Gasteiger partial charge in [-0.15, -0.1) is 0 Å². The number of carbonyl (C=O) groups excluding carboxylic acids is 1. The molecule has 1 rings (SSSR count). The third kappa shape index (κ3) is 1.37. The van der Waals surface area contributed by atoms with Crippen LogP contribution >= 0.6 is 0 Å². The van der Waals surface area contributed by atoms with Gasteiger partial charge in [-0.3, -0.25) is 9.59 Å². The lowest BCUT2D eigenvalue weighted by atomic mass is 10.2. The Morgan fingerprint density at radius 3 is 2.75 bits per heavy atom. The maximum absolute atomic E-state index is 11.0. The standard InChI is InChI=1S/C8H9NO3/c1-2-5-3-7(11)6(4-10)8(12)9-5/h3-4H,2H2,1H3,(H2,9,11,12). The summed E-state index contributed by atoms with van der Waals surface area (Å²) in [4.78, 5) is 23.7. The van der Waals surface area contributed by atoms with Gasteiger partial charge in [0, 0.05) is 11.8 Å². The molecule has 4 nitrogen and oxygen atoms in total. The Bertz CT molecular complexity index is 354. The first-order valence-electron chi connectivity index (χ1n) is 3.59. The summed E-state index contributed by atoms with van der Waals surface area (Å²) in [6.45, 7) is 1.84. The fourth-order valence-electron chi connectivity index (χ4n) is 0.913. The number of hydrogen-bond donors (Lipinski definition) is 2. The van der Waals surface area contributed by atoms with Gasteiger partial charge in [-0.25, -0.2) is 0 Å². The predicted octanol–water partition coefficient (Wildman–Crippen LogP) is 0.455. The third-order valence-corrected chi connectivity index (χ3v) is 1.60. The summed E-state index contributed by atoms with van der Waals surface area (Å²) >= 11 is 0. The van der Waals surface area contributed by atoms with Crippen LogP contribution in [-0.2, 0) is 6.42 Å². The van der Waals surface area contributed by atoms with Gasteiger partial charge in [0.25, 0.3) is 5.56 Å². The normalized spacial score (nSPS) is 9.75. The molecule has 0 aliphatic heterocycles. The fourth-order valence-corrected chi connectivity index (χ4v) is 0.913. The smallest absolute Gasteiger partial charge is 0.262 e. The van der Waals surface area contributed by atoms with Crippen molar-refractivity contribution in [2.24, 2.45) is 0 Å². The van der Waals surface area contributed by atoms with Crippen LogP contribution in [0.1, 0.15) is 23.0 Å². The molecule has 0 saturated heterocycles. The van der Waals surface area contributed by atoms with Gasteiger partial charge in [-0.05, 0) is 6.42 Å². The van der Waals surface area contributed by atoms with E-state index in [2.05, 4.69) is 4.98 Å². The Morgan fingerprint density at radius 2 is 2.33 bits per heavy atom. The van der Waals surface area contributed by atoms with Crippen molar-refractivity contribution in [3.05, 3.63) is 27.7 Å². The second kappa shape index (κ2) is 3.21. The van der Waals surface area contributed by atoms with Gasteiger partial charge >= 0.3 is 0 Å². The molecular formula is C8H9NO3. The summed E-state index contributed by atoms with van der Waals surface area (Å²) in [5, 5.41) is 9.15. The van der Waals surface area contributed by atoms with Gasteiger partial charge in [-0.2, -0.15) is 0 Å². The monoisotopic (exact) mass is 167 g/mol. The van der Waals surface area contributed by atoms with Gasteiger partial charge < -0.3 is 10.1 Å². The van der Waals surface area contributed by atoms with Gasteiger partial charge in [0.1, 0.15) is 11.3 Å². The largest absolute Gasteiger partial charge is 0.507 e. The number of aromatic nitrogens is 1. The Kier molecular flexibility index (Phi) is 2.28. The van der Waals surface area contributed by atoms with Crippen molar-refractivity contribution < 1.29 is 9.90 Å². The van der Waals surface area contributed by atoms with Crippen molar-refractivity contribution >= 4 is 6.29 Å². The Morgan fingerprint density at radius 1 is 1.67 bits per heavy atom. The van der Waals surface area contributed by atoms with Crippen LogP contribution in [0.3, 0.4) is 0 Å². The molecule has 0 bridgehead atoms. The van der Waals surface area contributed by atoms with Crippen molar-refractivity contribution in [2.75, 3.05) is 0 Å². The van der Waals surface area contributed by atoms with E-state index in [4.69, 9.17) is 5.11 Å². The first-order chi connectivity index (χ1) is 5.69. The molecule has 2 N–H and O–H groups in total. The molecule has 0 aliphatic carbocycles. The van der Waals surface area contributed by atoms with Gasteiger partial charge in [0.05, 0.1) is 0 Å². The molecule has 0 atom stereocenters. The maximum atomic E-state index is 11.0. The second-order valence-corrected chi connectivity index (χ2v) is 2.39. The molecule has 0 radical (unpaired) electrons. The highest BCUT2D eigenvalue weighted by molar-refractivity contribution is 5.78. The van der Waals surface area contributed by atoms with Gasteiger partial charge in [0.15, 0.2) is 6.29 Å². The topological polar surface area (TPSA) is 70.2 Å². The molecular weight excluding hydrogens is 158 g/mol. The van der Waals surface area contributed by atoms with E-state index >= 15 is 0 Å². The minimum Gasteiger partial charge on any atom is -0.507 e. The lowest BCUT2D eigenvalue weighted by Crippen LogP contribution is -2.13. The SMILES string of the molecule is CCc1cc(O)c(C=O)c(=O)[nH]1. The predicted molar refractivity (Wildman–Crippen MR) is 43.5 cm³/mol. The summed E-state index contributed by atoms with van der Waals surface area (Å²) in [6.07, 6.45) is 0.954. The third-order valence-electron chi connectivity index (χ3n) is 1.60. The lowest BCUT2D eigenvalue weighted by Gasteiger charge is -1.99. The van der Waals surface area contributed by atoms with E-state index in [1.807, 2.05) is 6.92 Å². The quantitative estimate of drug-likeness (QED) is 0.628. The first kappa shape index (κ1) is 8.52. The van der Waals surface area contributed by atoms with Crippen molar-refractivity contribution in [2.45, 2.75) is 13.3 Å². The zero-order valence-corrected chi connectivity index (χ0v) is 6.63. The second-order valence-electron chi connectivity index (χ2n) is 2.39. The highest BCUT2D eigenvalue weighted by atomic mass is 16.3. The number of aromatic amines is 1. The zero-order chi connectivity index (χ0) is 9.14. The van der Waals surface area contributed by atoms with Crippen molar-refractivity contribution in [1.82, 2.24) is 4.98 Å². The van der Waals surface area contributed by atoms with E-state index in [-0.39, 0.29) is 11.3 Å². The lowest BCUT2D eigenvalue weighted by molar-refractivity contribution is 0.111. The minimum absolute atomic E-state index is 0.216. The number of nitrogens with one attached hydrogen (secondary N) is 1. The Hall–Kier alpha value is -1.58. The van der Waals surface area contributed by atoms with Crippen LogP contribution in [0.2, 0.25) is 0 Å². The summed E-state index contributed by atoms with van der Waals surface area (Å²) in [6, 6.07) is 1.38. The molecule has 1 aromatic rings. The van der Waals surface area contributed by atoms with Crippen molar-refractivity contribution in [3.8, 4) is 5.75 Å². The highest BCUT2D eigenvalue weighted by Gasteiger charge is 2.05. The van der Waals surface area contributed by atoms with Crippen LogP contribution in [0.25, 0.3) is 0 Å². The summed E-state index contributed by atoms with van der Waals surface area (Å²) in [5.74, 6) is -0.259. The first-order valence-corrected chi connectivity index (χ1v) is 3.59. The molecule has 0 unspecified atom stereocenters. The van der Waals surface area contributed by atoms with E-state index in [1.54, 1.807) is 0 Å². The summed E-state index contributed by atoms with van der Waals surface area (Å²) in [5.41, 5.74) is -0.142. The van der Waals surface area contributed by atoms with E-state index in [0.29, 0.717) is 18.4 Å². The number of aryl methyl sites for hydroxylation is 1. The molecule has 0 spiro atoms. The zero-order valence-electron chi connectivity index (χ0n) is 6.63. The average molecular weight is 167 g/mol. The van der Waals surface area contributed by atoms with Gasteiger partial charge in [0.2, 0.25) is 0 Å². The summed E-state index contributed by atoms with van der Waals surface area (Å²) in [7, 11) is 0. The van der Waals surface area contributed by atoms with Crippen LogP contribution < -0.4 is 5.56 Å². The average Bonchev–Trinajstić information content (AvgIpc) is 2.03.